The Bertz CT molecular complexity index is 2100. The van der Waals surface area contributed by atoms with Gasteiger partial charge in [-0.1, -0.05) is 77.4 Å². The van der Waals surface area contributed by atoms with E-state index in [-0.39, 0.29) is 22.7 Å². The van der Waals surface area contributed by atoms with Gasteiger partial charge in [-0.25, -0.2) is 9.59 Å². The first-order valence-corrected chi connectivity index (χ1v) is 13.1. The van der Waals surface area contributed by atoms with E-state index in [9.17, 15) is 19.2 Å². The van der Waals surface area contributed by atoms with Crippen LogP contribution in [-0.2, 0) is 19.1 Å². The van der Waals surface area contributed by atoms with Crippen LogP contribution in [0.3, 0.4) is 0 Å². The van der Waals surface area contributed by atoms with E-state index in [1.807, 2.05) is 39.0 Å². The van der Waals surface area contributed by atoms with E-state index in [1.54, 1.807) is 72.8 Å². The first-order chi connectivity index (χ1) is 19.7. The molecule has 2 aliphatic rings. The Morgan fingerprint density at radius 2 is 0.951 bits per heavy atom. The van der Waals surface area contributed by atoms with Crippen molar-refractivity contribution in [2.24, 2.45) is 0 Å². The molecule has 0 amide bonds. The quantitative estimate of drug-likeness (QED) is 0.370. The van der Waals surface area contributed by atoms with Gasteiger partial charge in [0.2, 0.25) is 11.6 Å². The summed E-state index contributed by atoms with van der Waals surface area (Å²) in [7, 11) is 0. The summed E-state index contributed by atoms with van der Waals surface area (Å²) in [6.07, 6.45) is 0. The topological polar surface area (TPSA) is 86.7 Å². The lowest BCUT2D eigenvalue weighted by Gasteiger charge is -2.22. The van der Waals surface area contributed by atoms with Crippen molar-refractivity contribution in [3.05, 3.63) is 140 Å². The Labute approximate surface area is 235 Å². The van der Waals surface area contributed by atoms with Gasteiger partial charge in [-0.15, -0.1) is 0 Å². The summed E-state index contributed by atoms with van der Waals surface area (Å²) in [5.41, 5.74) is 3.36. The smallest absolute Gasteiger partial charge is 0.343 e. The number of carbonyl (C=O) groups is 4. The second-order valence-electron chi connectivity index (χ2n) is 10.2. The third-order valence-corrected chi connectivity index (χ3v) is 7.14. The second-order valence-corrected chi connectivity index (χ2v) is 10.2. The average molecular weight is 541 g/mol. The minimum Gasteiger partial charge on any atom is -0.418 e. The maximum Gasteiger partial charge on any atom is 0.343 e. The summed E-state index contributed by atoms with van der Waals surface area (Å²) in [4.78, 5) is 54.5. The molecular formula is C35H24O6. The Balaban J connectivity index is 1.58. The maximum atomic E-state index is 14.1. The van der Waals surface area contributed by atoms with Gasteiger partial charge in [-0.2, -0.15) is 0 Å². The number of aryl methyl sites for hydroxylation is 3. The lowest BCUT2D eigenvalue weighted by atomic mass is 9.83. The Hall–Kier alpha value is -5.36. The van der Waals surface area contributed by atoms with Gasteiger partial charge in [0.15, 0.2) is 11.5 Å². The molecule has 0 atom stereocenters. The van der Waals surface area contributed by atoms with Gasteiger partial charge >= 0.3 is 11.9 Å². The lowest BCUT2D eigenvalue weighted by Crippen LogP contribution is -2.47. The predicted octanol–water partition coefficient (Wildman–Crippen LogP) is 2.71. The van der Waals surface area contributed by atoms with Crippen LogP contribution in [0.4, 0.5) is 0 Å². The number of esters is 2. The van der Waals surface area contributed by atoms with Gasteiger partial charge in [-0.05, 0) is 61.5 Å². The van der Waals surface area contributed by atoms with E-state index in [0.717, 1.165) is 16.7 Å². The van der Waals surface area contributed by atoms with Crippen LogP contribution in [0.25, 0.3) is 22.7 Å². The van der Waals surface area contributed by atoms with Crippen LogP contribution in [0.2, 0.25) is 0 Å². The predicted molar refractivity (Wildman–Crippen MR) is 153 cm³/mol. The molecular weight excluding hydrogens is 516 g/mol. The van der Waals surface area contributed by atoms with Gasteiger partial charge in [0.25, 0.3) is 0 Å². The molecule has 200 valence electrons. The molecule has 4 aromatic carbocycles. The van der Waals surface area contributed by atoms with Crippen LogP contribution in [-0.4, -0.2) is 23.5 Å². The Kier molecular flexibility index (Phi) is 6.31. The van der Waals surface area contributed by atoms with Crippen molar-refractivity contribution in [2.45, 2.75) is 20.8 Å². The maximum absolute atomic E-state index is 14.1. The van der Waals surface area contributed by atoms with Gasteiger partial charge in [0.1, 0.15) is 0 Å². The summed E-state index contributed by atoms with van der Waals surface area (Å²) in [5, 5.41) is 1.47. The van der Waals surface area contributed by atoms with Crippen LogP contribution in [0, 0.1) is 20.8 Å². The highest BCUT2D eigenvalue weighted by Crippen LogP contribution is 2.27. The molecule has 0 fully saturated rings. The van der Waals surface area contributed by atoms with Crippen LogP contribution in [0.15, 0.2) is 91.0 Å². The molecule has 41 heavy (non-hydrogen) atoms. The Morgan fingerprint density at radius 1 is 0.488 bits per heavy atom. The molecule has 0 unspecified atom stereocenters. The van der Waals surface area contributed by atoms with Crippen LogP contribution in [0.1, 0.15) is 37.4 Å². The number of hydrogen-bond acceptors (Lipinski definition) is 6. The monoisotopic (exact) mass is 540 g/mol. The van der Waals surface area contributed by atoms with E-state index in [4.69, 9.17) is 9.47 Å². The molecule has 6 rings (SSSR count). The lowest BCUT2D eigenvalue weighted by molar-refractivity contribution is -0.112. The first kappa shape index (κ1) is 25.9. The summed E-state index contributed by atoms with van der Waals surface area (Å²) in [6, 6.07) is 25.8. The largest absolute Gasteiger partial charge is 0.418 e. The molecule has 0 N–H and O–H groups in total. The number of benzene rings is 4. The van der Waals surface area contributed by atoms with Gasteiger partial charge < -0.3 is 9.47 Å². The molecule has 0 radical (unpaired) electrons. The van der Waals surface area contributed by atoms with Crippen LogP contribution in [0.5, 0.6) is 0 Å². The SMILES string of the molecule is Cc1cccc(C(=O)OC2=c3ccccc3=C3C(=O)C(OC(=O)c4cccc(C)c4)=c4cc(C)ccc4=C3C2=O)c1. The van der Waals surface area contributed by atoms with Gasteiger partial charge in [-0.3, -0.25) is 9.59 Å². The molecule has 6 nitrogen and oxygen atoms in total. The number of carbonyl (C=O) groups excluding carboxylic acids is 4. The molecule has 6 heteroatoms. The number of ether oxygens (including phenoxy) is 2. The molecule has 0 aromatic heterocycles. The molecule has 0 heterocycles. The highest BCUT2D eigenvalue weighted by Gasteiger charge is 2.37. The van der Waals surface area contributed by atoms with E-state index in [1.165, 1.54) is 0 Å². The molecule has 0 aliphatic heterocycles. The van der Waals surface area contributed by atoms with Crippen molar-refractivity contribution in [3.8, 4) is 0 Å². The van der Waals surface area contributed by atoms with Crippen molar-refractivity contribution >= 4 is 46.2 Å². The fourth-order valence-corrected chi connectivity index (χ4v) is 5.23. The second kappa shape index (κ2) is 9.99. The van der Waals surface area contributed by atoms with Crippen LogP contribution < -0.4 is 20.9 Å². The zero-order chi connectivity index (χ0) is 28.8. The van der Waals surface area contributed by atoms with Gasteiger partial charge in [0, 0.05) is 21.6 Å². The number of hydrogen-bond donors (Lipinski definition) is 0. The zero-order valence-electron chi connectivity index (χ0n) is 22.6. The molecule has 4 aromatic rings. The zero-order valence-corrected chi connectivity index (χ0v) is 22.6. The van der Waals surface area contributed by atoms with E-state index >= 15 is 0 Å². The minimum absolute atomic E-state index is 0.101. The van der Waals surface area contributed by atoms with E-state index in [0.29, 0.717) is 32.0 Å². The third kappa shape index (κ3) is 4.49. The fraction of sp³-hybridized carbons (Fsp3) is 0.0857. The van der Waals surface area contributed by atoms with Gasteiger partial charge in [0.05, 0.1) is 11.1 Å². The van der Waals surface area contributed by atoms with Crippen LogP contribution >= 0.6 is 0 Å². The molecule has 0 bridgehead atoms. The summed E-state index contributed by atoms with van der Waals surface area (Å²) in [5.74, 6) is -2.86. The third-order valence-electron chi connectivity index (χ3n) is 7.14. The Morgan fingerprint density at radius 3 is 1.49 bits per heavy atom. The molecule has 0 spiro atoms. The summed E-state index contributed by atoms with van der Waals surface area (Å²) >= 11 is 0. The van der Waals surface area contributed by atoms with Crippen molar-refractivity contribution in [3.63, 3.8) is 0 Å². The highest BCUT2D eigenvalue weighted by molar-refractivity contribution is 6.58. The van der Waals surface area contributed by atoms with E-state index in [2.05, 4.69) is 0 Å². The normalized spacial score (nSPS) is 13.8. The standard InChI is InChI=1S/C35H24O6/c1-19-8-6-10-22(16-19)34(38)40-32-26-13-5-4-12-24(26)28-29(30(32)36)25-15-14-21(3)18-27(25)33(31(28)37)41-35(39)23-11-7-9-20(2)17-23/h4-18H,1-3H3. The fourth-order valence-electron chi connectivity index (χ4n) is 5.23. The number of rotatable bonds is 4. The van der Waals surface area contributed by atoms with Crippen molar-refractivity contribution in [1.29, 1.82) is 0 Å². The average Bonchev–Trinajstić information content (AvgIpc) is 2.96. The highest BCUT2D eigenvalue weighted by atomic mass is 16.5. The van der Waals surface area contributed by atoms with E-state index < -0.39 is 23.5 Å². The summed E-state index contributed by atoms with van der Waals surface area (Å²) < 4.78 is 11.5. The first-order valence-electron chi connectivity index (χ1n) is 13.1. The molecule has 2 aliphatic carbocycles. The van der Waals surface area contributed by atoms with Crippen molar-refractivity contribution in [2.75, 3.05) is 0 Å². The number of fused-ring (bicyclic) bond motifs is 3. The molecule has 0 saturated heterocycles. The molecule has 0 saturated carbocycles. The number of ketones is 2. The van der Waals surface area contributed by atoms with Crippen molar-refractivity contribution in [1.82, 2.24) is 0 Å². The van der Waals surface area contributed by atoms with Crippen molar-refractivity contribution < 1.29 is 28.7 Å². The number of Topliss-reactive ketones (excluding diaryl/α,β-unsaturated/α-hetero) is 2. The summed E-state index contributed by atoms with van der Waals surface area (Å²) in [6.45, 7) is 5.55. The minimum atomic E-state index is -0.679.